The maximum atomic E-state index is 13.2. The van der Waals surface area contributed by atoms with E-state index in [1.165, 1.54) is 24.3 Å². The van der Waals surface area contributed by atoms with Crippen LogP contribution in [0.4, 0.5) is 4.39 Å². The van der Waals surface area contributed by atoms with Crippen LogP contribution in [-0.4, -0.2) is 52.9 Å². The number of oxime groups is 1. The van der Waals surface area contributed by atoms with Crippen LogP contribution >= 0.6 is 0 Å². The molecule has 0 saturated heterocycles. The van der Waals surface area contributed by atoms with Gasteiger partial charge < -0.3 is 23.8 Å². The predicted octanol–water partition coefficient (Wildman–Crippen LogP) is 4.51. The van der Waals surface area contributed by atoms with Gasteiger partial charge in [0.05, 0.1) is 0 Å². The summed E-state index contributed by atoms with van der Waals surface area (Å²) in [6.45, 7) is 4.47. The molecule has 1 unspecified atom stereocenters. The van der Waals surface area contributed by atoms with Crippen LogP contribution in [0.25, 0.3) is 11.5 Å². The fraction of sp³-hybridized carbons (Fsp3) is 0.360. The van der Waals surface area contributed by atoms with Crippen molar-refractivity contribution in [2.45, 2.75) is 39.2 Å². The number of benzene rings is 2. The average molecular weight is 486 g/mol. The largest absolute Gasteiger partial charge is 0.487 e. The molecule has 1 N–H and O–H groups in total. The first-order chi connectivity index (χ1) is 17.0. The quantitative estimate of drug-likeness (QED) is 0.201. The lowest BCUT2D eigenvalue weighted by Gasteiger charge is -2.13. The molecule has 0 aliphatic heterocycles. The van der Waals surface area contributed by atoms with Gasteiger partial charge in [-0.3, -0.25) is 0 Å². The van der Waals surface area contributed by atoms with Gasteiger partial charge in [-0.25, -0.2) is 9.18 Å². The van der Waals surface area contributed by atoms with Gasteiger partial charge in [0.25, 0.3) is 5.89 Å². The molecule has 2 aromatic carbocycles. The first-order valence-corrected chi connectivity index (χ1v) is 11.3. The van der Waals surface area contributed by atoms with Crippen LogP contribution < -0.4 is 4.74 Å². The van der Waals surface area contributed by atoms with E-state index in [1.54, 1.807) is 31.2 Å². The number of halogens is 1. The van der Waals surface area contributed by atoms with Gasteiger partial charge >= 0.3 is 5.97 Å². The zero-order valence-corrected chi connectivity index (χ0v) is 19.6. The van der Waals surface area contributed by atoms with Gasteiger partial charge in [0, 0.05) is 18.6 Å². The molecule has 0 radical (unpaired) electrons. The molecule has 0 aliphatic carbocycles. The highest BCUT2D eigenvalue weighted by molar-refractivity contribution is 5.97. The summed E-state index contributed by atoms with van der Waals surface area (Å²) in [5.74, 6) is -0.572. The third-order valence-electron chi connectivity index (χ3n) is 4.87. The number of hydrogen-bond donors (Lipinski definition) is 1. The molecule has 9 nitrogen and oxygen atoms in total. The molecule has 186 valence electrons. The molecule has 0 saturated carbocycles. The number of aromatic nitrogens is 2. The van der Waals surface area contributed by atoms with Crippen molar-refractivity contribution in [1.82, 2.24) is 10.2 Å². The zero-order chi connectivity index (χ0) is 25.0. The number of ether oxygens (including phenoxy) is 2. The van der Waals surface area contributed by atoms with Crippen LogP contribution in [0, 0.1) is 5.82 Å². The van der Waals surface area contributed by atoms with Crippen LogP contribution in [0.15, 0.2) is 58.1 Å². The Balaban J connectivity index is 1.73. The lowest BCUT2D eigenvalue weighted by Crippen LogP contribution is -2.26. The van der Waals surface area contributed by atoms with Crippen molar-refractivity contribution in [3.8, 4) is 17.2 Å². The second kappa shape index (κ2) is 13.2. The highest BCUT2D eigenvalue weighted by atomic mass is 19.1. The van der Waals surface area contributed by atoms with E-state index in [9.17, 15) is 14.3 Å². The molecule has 10 heteroatoms. The van der Waals surface area contributed by atoms with Crippen molar-refractivity contribution in [3.63, 3.8) is 0 Å². The lowest BCUT2D eigenvalue weighted by atomic mass is 10.1. The van der Waals surface area contributed by atoms with Gasteiger partial charge in [-0.15, -0.1) is 10.2 Å². The molecule has 0 amide bonds. The average Bonchev–Trinajstić information content (AvgIpc) is 3.34. The Hall–Kier alpha value is -3.79. The van der Waals surface area contributed by atoms with Crippen molar-refractivity contribution in [2.24, 2.45) is 5.16 Å². The molecular formula is C25H28FN3O6. The SMILES string of the molecule is CCCCO/N=C(\COc1cccc(CC(OCC)C(=O)O)c1)c1nnc(-c2ccc(F)cc2)o1. The summed E-state index contributed by atoms with van der Waals surface area (Å²) in [7, 11) is 0. The summed E-state index contributed by atoms with van der Waals surface area (Å²) in [6.07, 6.45) is 1.03. The Labute approximate surface area is 202 Å². The van der Waals surface area contributed by atoms with E-state index in [0.29, 0.717) is 24.5 Å². The van der Waals surface area contributed by atoms with E-state index in [1.807, 2.05) is 6.92 Å². The third kappa shape index (κ3) is 7.89. The van der Waals surface area contributed by atoms with Crippen LogP contribution in [0.2, 0.25) is 0 Å². The van der Waals surface area contributed by atoms with Gasteiger partial charge in [0.15, 0.2) is 11.8 Å². The fourth-order valence-electron chi connectivity index (χ4n) is 3.06. The van der Waals surface area contributed by atoms with E-state index in [4.69, 9.17) is 18.7 Å². The van der Waals surface area contributed by atoms with Crippen molar-refractivity contribution < 1.29 is 33.0 Å². The van der Waals surface area contributed by atoms with Gasteiger partial charge in [-0.1, -0.05) is 30.6 Å². The van der Waals surface area contributed by atoms with E-state index >= 15 is 0 Å². The normalized spacial score (nSPS) is 12.4. The van der Waals surface area contributed by atoms with Crippen LogP contribution in [0.1, 0.15) is 38.1 Å². The lowest BCUT2D eigenvalue weighted by molar-refractivity contribution is -0.149. The molecule has 0 fully saturated rings. The van der Waals surface area contributed by atoms with Crippen LogP contribution in [0.5, 0.6) is 5.75 Å². The Kier molecular flexibility index (Phi) is 9.73. The number of rotatable bonds is 14. The van der Waals surface area contributed by atoms with E-state index in [2.05, 4.69) is 15.4 Å². The molecule has 0 spiro atoms. The summed E-state index contributed by atoms with van der Waals surface area (Å²) in [4.78, 5) is 16.8. The minimum Gasteiger partial charge on any atom is -0.487 e. The summed E-state index contributed by atoms with van der Waals surface area (Å²) >= 11 is 0. The Bertz CT molecular complexity index is 1120. The molecule has 1 atom stereocenters. The number of aliphatic carboxylic acids is 1. The van der Waals surface area contributed by atoms with Gasteiger partial charge in [0.2, 0.25) is 5.89 Å². The third-order valence-corrected chi connectivity index (χ3v) is 4.87. The van der Waals surface area contributed by atoms with Gasteiger partial charge in [0.1, 0.15) is 24.8 Å². The van der Waals surface area contributed by atoms with Crippen molar-refractivity contribution in [1.29, 1.82) is 0 Å². The standard InChI is InChI=1S/C25H28FN3O6/c1-3-5-13-34-29-21(24-28-27-23(35-24)18-9-11-19(26)12-10-18)16-33-20-8-6-7-17(14-20)15-22(25(30)31)32-4-2/h6-12,14,22H,3-5,13,15-16H2,1-2H3,(H,30,31)/b29-21+. The first kappa shape index (κ1) is 25.8. The highest BCUT2D eigenvalue weighted by Crippen LogP contribution is 2.20. The number of unbranched alkanes of at least 4 members (excludes halogenated alkanes) is 1. The summed E-state index contributed by atoms with van der Waals surface area (Å²) < 4.78 is 30.1. The summed E-state index contributed by atoms with van der Waals surface area (Å²) in [5.41, 5.74) is 1.59. The minimum absolute atomic E-state index is 0.0333. The number of carboxylic acid groups (broad SMARTS) is 1. The van der Waals surface area contributed by atoms with Gasteiger partial charge in [-0.2, -0.15) is 0 Å². The van der Waals surface area contributed by atoms with Gasteiger partial charge in [-0.05, 0) is 55.3 Å². The second-order valence-electron chi connectivity index (χ2n) is 7.57. The number of carboxylic acids is 1. The highest BCUT2D eigenvalue weighted by Gasteiger charge is 2.19. The molecule has 3 rings (SSSR count). The molecule has 0 aliphatic rings. The molecule has 1 aromatic heterocycles. The number of nitrogens with zero attached hydrogens (tertiary/aromatic N) is 3. The number of carbonyl (C=O) groups is 1. The smallest absolute Gasteiger partial charge is 0.333 e. The minimum atomic E-state index is -1.02. The van der Waals surface area contributed by atoms with E-state index < -0.39 is 12.1 Å². The molecule has 1 heterocycles. The molecule has 35 heavy (non-hydrogen) atoms. The Morgan fingerprint density at radius 2 is 1.97 bits per heavy atom. The zero-order valence-electron chi connectivity index (χ0n) is 19.6. The predicted molar refractivity (Wildman–Crippen MR) is 126 cm³/mol. The van der Waals surface area contributed by atoms with Crippen molar-refractivity contribution in [3.05, 3.63) is 65.8 Å². The second-order valence-corrected chi connectivity index (χ2v) is 7.57. The van der Waals surface area contributed by atoms with Crippen LogP contribution in [0.3, 0.4) is 0 Å². The first-order valence-electron chi connectivity index (χ1n) is 11.3. The van der Waals surface area contributed by atoms with E-state index in [0.717, 1.165) is 18.4 Å². The molecule has 0 bridgehead atoms. The summed E-state index contributed by atoms with van der Waals surface area (Å²) in [6, 6.07) is 12.7. The molecular weight excluding hydrogens is 457 g/mol. The maximum absolute atomic E-state index is 13.2. The topological polar surface area (TPSA) is 116 Å². The van der Waals surface area contributed by atoms with Crippen molar-refractivity contribution in [2.75, 3.05) is 19.8 Å². The summed E-state index contributed by atoms with van der Waals surface area (Å²) in [5, 5.41) is 21.5. The Morgan fingerprint density at radius 3 is 2.69 bits per heavy atom. The maximum Gasteiger partial charge on any atom is 0.333 e. The molecule has 3 aromatic rings. The number of hydrogen-bond acceptors (Lipinski definition) is 8. The Morgan fingerprint density at radius 1 is 1.17 bits per heavy atom. The monoisotopic (exact) mass is 485 g/mol. The van der Waals surface area contributed by atoms with Crippen LogP contribution in [-0.2, 0) is 20.8 Å². The van der Waals surface area contributed by atoms with E-state index in [-0.39, 0.29) is 36.3 Å². The fourth-order valence-corrected chi connectivity index (χ4v) is 3.06. The van der Waals surface area contributed by atoms with Crippen molar-refractivity contribution >= 4 is 11.7 Å².